The molecule has 0 saturated carbocycles. The van der Waals surface area contributed by atoms with E-state index in [0.29, 0.717) is 5.89 Å². The first-order valence-electron chi connectivity index (χ1n) is 4.77. The van der Waals surface area contributed by atoms with Crippen LogP contribution in [-0.2, 0) is 0 Å². The molecule has 3 heteroatoms. The van der Waals surface area contributed by atoms with E-state index in [1.54, 1.807) is 12.5 Å². The second-order valence-corrected chi connectivity index (χ2v) is 6.59. The average molecular weight is 201 g/mol. The Morgan fingerprint density at radius 1 is 1.29 bits per heavy atom. The molecule has 1 aromatic carbocycles. The number of aromatic nitrogens is 1. The van der Waals surface area contributed by atoms with Crippen molar-refractivity contribution < 1.29 is 4.42 Å². The lowest BCUT2D eigenvalue weighted by molar-refractivity contribution is 0.574. The number of hydrogen-bond donors (Lipinski definition) is 0. The summed E-state index contributed by atoms with van der Waals surface area (Å²) in [4.78, 5) is 4.14. The molecule has 2 aromatic rings. The second-order valence-electron chi connectivity index (χ2n) is 3.62. The van der Waals surface area contributed by atoms with Crippen LogP contribution in [0.3, 0.4) is 0 Å². The maximum Gasteiger partial charge on any atom is 0.299 e. The quantitative estimate of drug-likeness (QED) is 0.697. The van der Waals surface area contributed by atoms with Crippen molar-refractivity contribution in [3.05, 3.63) is 36.7 Å². The summed E-state index contributed by atoms with van der Waals surface area (Å²) in [5.41, 5.74) is 1.08. The highest BCUT2D eigenvalue weighted by atomic mass is 27.2. The molecule has 2 rings (SSSR count). The summed E-state index contributed by atoms with van der Waals surface area (Å²) in [5.74, 6) is 5.34. The van der Waals surface area contributed by atoms with E-state index in [0.717, 1.165) is 5.56 Å². The van der Waals surface area contributed by atoms with E-state index in [1.165, 1.54) is 4.43 Å². The summed E-state index contributed by atoms with van der Waals surface area (Å²) in [5, 5.41) is 0. The largest absolute Gasteiger partial charge is 0.445 e. The number of hydrogen-bond acceptors (Lipinski definition) is 2. The maximum absolute atomic E-state index is 5.26. The fraction of sp³-hybridized carbons (Fsp3) is 0.182. The van der Waals surface area contributed by atoms with Crippen LogP contribution < -0.4 is 4.43 Å². The maximum atomic E-state index is 5.26. The van der Waals surface area contributed by atoms with Crippen molar-refractivity contribution in [2.75, 3.05) is 0 Å². The van der Waals surface area contributed by atoms with Gasteiger partial charge in [-0.25, -0.2) is 4.98 Å². The monoisotopic (exact) mass is 201 g/mol. The van der Waals surface area contributed by atoms with Crippen molar-refractivity contribution >= 4 is 18.6 Å². The van der Waals surface area contributed by atoms with Gasteiger partial charge in [-0.15, -0.1) is 16.0 Å². The fourth-order valence-electron chi connectivity index (χ4n) is 1.40. The molecule has 0 N–H and O–H groups in total. The number of benzene rings is 1. The summed E-state index contributed by atoms with van der Waals surface area (Å²) >= 11 is -0.731. The van der Waals surface area contributed by atoms with Crippen molar-refractivity contribution in [1.82, 2.24) is 4.98 Å². The highest BCUT2D eigenvalue weighted by Gasteiger charge is 2.08. The lowest BCUT2D eigenvalue weighted by Gasteiger charge is -2.02. The van der Waals surface area contributed by atoms with Gasteiger partial charge in [0.2, 0.25) is 5.89 Å². The van der Waals surface area contributed by atoms with Gasteiger partial charge in [0, 0.05) is 5.56 Å². The highest BCUT2D eigenvalue weighted by Crippen LogP contribution is 2.14. The topological polar surface area (TPSA) is 26.0 Å². The Kier molecular flexibility index (Phi) is 2.72. The Morgan fingerprint density at radius 3 is 2.79 bits per heavy atom. The van der Waals surface area contributed by atoms with Crippen LogP contribution in [-0.4, -0.2) is 19.1 Å². The third-order valence-corrected chi connectivity index (χ3v) is 3.93. The fourth-order valence-corrected chi connectivity index (χ4v) is 2.41. The number of oxazole rings is 1. The van der Waals surface area contributed by atoms with Crippen molar-refractivity contribution in [2.24, 2.45) is 0 Å². The van der Waals surface area contributed by atoms with Gasteiger partial charge in [-0.2, -0.15) is 0 Å². The van der Waals surface area contributed by atoms with Gasteiger partial charge in [-0.05, 0) is 6.07 Å². The van der Waals surface area contributed by atoms with E-state index in [4.69, 9.17) is 4.42 Å². The molecule has 70 valence electrons. The molecule has 1 heterocycles. The molecular formula is C11H12AlNO. The van der Waals surface area contributed by atoms with Crippen molar-refractivity contribution in [1.29, 1.82) is 0 Å². The molecule has 0 spiro atoms. The summed E-state index contributed by atoms with van der Waals surface area (Å²) in [6.45, 7) is 0. The summed E-state index contributed by atoms with van der Waals surface area (Å²) in [6, 6.07) is 8.47. The highest BCUT2D eigenvalue weighted by molar-refractivity contribution is 6.70. The van der Waals surface area contributed by atoms with Crippen LogP contribution in [0.2, 0.25) is 11.6 Å². The third kappa shape index (κ3) is 1.89. The molecule has 0 bridgehead atoms. The first kappa shape index (κ1) is 9.51. The van der Waals surface area contributed by atoms with Crippen LogP contribution in [0.5, 0.6) is 0 Å². The second kappa shape index (κ2) is 4.00. The molecule has 0 aliphatic rings. The van der Waals surface area contributed by atoms with Crippen molar-refractivity contribution in [2.45, 2.75) is 11.6 Å². The zero-order chi connectivity index (χ0) is 9.97. The molecule has 2 nitrogen and oxygen atoms in total. The van der Waals surface area contributed by atoms with Gasteiger partial charge in [-0.3, -0.25) is 0 Å². The normalized spacial score (nSPS) is 10.1. The predicted octanol–water partition coefficient (Wildman–Crippen LogP) is 2.30. The summed E-state index contributed by atoms with van der Waals surface area (Å²) in [6.07, 6.45) is 3.28. The van der Waals surface area contributed by atoms with E-state index < -0.39 is 14.1 Å². The average Bonchev–Trinajstić information content (AvgIpc) is 2.71. The van der Waals surface area contributed by atoms with Crippen LogP contribution in [0.25, 0.3) is 11.5 Å². The lowest BCUT2D eigenvalue weighted by Crippen LogP contribution is -2.22. The standard InChI is InChI=1S/C9H6NO.2CH3.Al/c1-2-4-8(5-3-1)9-10-6-7-11-9;;;/h1-2,4-7H;2*1H3;. The number of nitrogens with zero attached hydrogens (tertiary/aromatic N) is 1. The minimum Gasteiger partial charge on any atom is -0.445 e. The zero-order valence-electron chi connectivity index (χ0n) is 8.40. The van der Waals surface area contributed by atoms with Gasteiger partial charge in [0.1, 0.15) is 6.26 Å². The summed E-state index contributed by atoms with van der Waals surface area (Å²) in [7, 11) is 0. The van der Waals surface area contributed by atoms with Crippen LogP contribution in [0.15, 0.2) is 41.1 Å². The molecule has 0 atom stereocenters. The zero-order valence-corrected chi connectivity index (χ0v) is 9.55. The predicted molar refractivity (Wildman–Crippen MR) is 59.1 cm³/mol. The minimum atomic E-state index is -0.731. The van der Waals surface area contributed by atoms with Crippen molar-refractivity contribution in [3.63, 3.8) is 0 Å². The Bertz CT molecular complexity index is 409. The van der Waals surface area contributed by atoms with Crippen molar-refractivity contribution in [3.8, 4) is 11.5 Å². The Morgan fingerprint density at radius 2 is 2.14 bits per heavy atom. The van der Waals surface area contributed by atoms with Gasteiger partial charge in [0.25, 0.3) is 14.1 Å². The van der Waals surface area contributed by atoms with Crippen LogP contribution in [0.4, 0.5) is 0 Å². The summed E-state index contributed by atoms with van der Waals surface area (Å²) < 4.78 is 6.70. The molecule has 0 radical (unpaired) electrons. The Hall–Kier alpha value is -1.04. The van der Waals surface area contributed by atoms with Gasteiger partial charge in [-0.1, -0.05) is 18.2 Å². The SMILES string of the molecule is [CH3][Al]([CH3])[c]1cccc(-c2ncco2)c1. The molecule has 14 heavy (non-hydrogen) atoms. The van der Waals surface area contributed by atoms with E-state index >= 15 is 0 Å². The Labute approximate surface area is 88.0 Å². The van der Waals surface area contributed by atoms with Crippen LogP contribution in [0.1, 0.15) is 0 Å². The van der Waals surface area contributed by atoms with Crippen LogP contribution in [0, 0.1) is 0 Å². The smallest absolute Gasteiger partial charge is 0.299 e. The minimum absolute atomic E-state index is 0.710. The number of rotatable bonds is 2. The van der Waals surface area contributed by atoms with Crippen LogP contribution >= 0.6 is 0 Å². The first-order valence-corrected chi connectivity index (χ1v) is 7.66. The third-order valence-electron chi connectivity index (χ3n) is 2.23. The van der Waals surface area contributed by atoms with E-state index in [9.17, 15) is 0 Å². The molecule has 0 aliphatic heterocycles. The molecule has 0 amide bonds. The molecule has 0 aliphatic carbocycles. The molecule has 0 fully saturated rings. The molecule has 0 unspecified atom stereocenters. The lowest BCUT2D eigenvalue weighted by atomic mass is 10.2. The van der Waals surface area contributed by atoms with E-state index in [-0.39, 0.29) is 0 Å². The van der Waals surface area contributed by atoms with Gasteiger partial charge in [0.05, 0.1) is 6.20 Å². The van der Waals surface area contributed by atoms with Gasteiger partial charge < -0.3 is 4.42 Å². The van der Waals surface area contributed by atoms with E-state index in [1.807, 2.05) is 6.07 Å². The first-order chi connectivity index (χ1) is 6.77. The molecule has 0 saturated heterocycles. The van der Waals surface area contributed by atoms with Gasteiger partial charge >= 0.3 is 0 Å². The van der Waals surface area contributed by atoms with E-state index in [2.05, 4.69) is 34.8 Å². The molecular weight excluding hydrogens is 189 g/mol. The van der Waals surface area contributed by atoms with Gasteiger partial charge in [0.15, 0.2) is 0 Å². The Balaban J connectivity index is 2.41. The molecule has 1 aromatic heterocycles.